The molecule has 5 nitrogen and oxygen atoms in total. The minimum Gasteiger partial charge on any atom is -0.494 e. The van der Waals surface area contributed by atoms with Crippen LogP contribution in [0.1, 0.15) is 26.7 Å². The highest BCUT2D eigenvalue weighted by molar-refractivity contribution is 8.01. The van der Waals surface area contributed by atoms with Gasteiger partial charge in [0, 0.05) is 16.7 Å². The Morgan fingerprint density at radius 1 is 1.35 bits per heavy atom. The average molecular weight is 372 g/mol. The molecule has 0 bridgehead atoms. The van der Waals surface area contributed by atoms with Crippen LogP contribution in [-0.4, -0.2) is 28.0 Å². The summed E-state index contributed by atoms with van der Waals surface area (Å²) in [6.07, 6.45) is 1.00. The molecule has 0 spiro atoms. The Kier molecular flexibility index (Phi) is 7.14. The van der Waals surface area contributed by atoms with Crippen LogP contribution in [0.25, 0.3) is 0 Å². The molecule has 0 aliphatic heterocycles. The van der Waals surface area contributed by atoms with Crippen LogP contribution in [0, 0.1) is 0 Å². The van der Waals surface area contributed by atoms with Crippen molar-refractivity contribution in [1.29, 1.82) is 0 Å². The lowest BCUT2D eigenvalue weighted by molar-refractivity contribution is -0.116. The second-order valence-electron chi connectivity index (χ2n) is 4.99. The molecule has 0 aliphatic carbocycles. The highest BCUT2D eigenvalue weighted by Crippen LogP contribution is 2.28. The van der Waals surface area contributed by atoms with E-state index in [9.17, 15) is 4.79 Å². The SMILES string of the molecule is CC(C)Sc1nnc(NC(=O)CCCOc2ccc(Cl)cc2)s1. The molecule has 0 atom stereocenters. The van der Waals surface area contributed by atoms with Gasteiger partial charge in [0.1, 0.15) is 5.75 Å². The smallest absolute Gasteiger partial charge is 0.226 e. The number of benzene rings is 1. The van der Waals surface area contributed by atoms with Gasteiger partial charge < -0.3 is 10.1 Å². The van der Waals surface area contributed by atoms with E-state index in [4.69, 9.17) is 16.3 Å². The first kappa shape index (κ1) is 18.0. The normalized spacial score (nSPS) is 10.8. The third-order valence-corrected chi connectivity index (χ3v) is 4.80. The number of hydrogen-bond donors (Lipinski definition) is 1. The molecule has 0 saturated carbocycles. The summed E-state index contributed by atoms with van der Waals surface area (Å²) < 4.78 is 6.40. The molecule has 0 radical (unpaired) electrons. The molecule has 23 heavy (non-hydrogen) atoms. The molecule has 1 aromatic heterocycles. The number of hydrogen-bond acceptors (Lipinski definition) is 6. The van der Waals surface area contributed by atoms with Crippen molar-refractivity contribution in [3.05, 3.63) is 29.3 Å². The minimum absolute atomic E-state index is 0.0815. The van der Waals surface area contributed by atoms with Gasteiger partial charge in [-0.25, -0.2) is 0 Å². The first-order valence-corrected chi connectivity index (χ1v) is 9.28. The van der Waals surface area contributed by atoms with Gasteiger partial charge in [0.15, 0.2) is 4.34 Å². The molecule has 0 fully saturated rings. The first-order valence-electron chi connectivity index (χ1n) is 7.21. The molecule has 2 rings (SSSR count). The second kappa shape index (κ2) is 9.10. The maximum Gasteiger partial charge on any atom is 0.226 e. The third-order valence-electron chi connectivity index (χ3n) is 2.62. The molecule has 1 heterocycles. The number of carbonyl (C=O) groups is 1. The van der Waals surface area contributed by atoms with Crippen molar-refractivity contribution in [3.8, 4) is 5.75 Å². The maximum atomic E-state index is 11.8. The van der Waals surface area contributed by atoms with E-state index in [-0.39, 0.29) is 5.91 Å². The fourth-order valence-electron chi connectivity index (χ4n) is 1.64. The van der Waals surface area contributed by atoms with Crippen molar-refractivity contribution >= 4 is 45.7 Å². The number of carbonyl (C=O) groups excluding carboxylic acids is 1. The fourth-order valence-corrected chi connectivity index (χ4v) is 3.76. The summed E-state index contributed by atoms with van der Waals surface area (Å²) >= 11 is 8.82. The zero-order valence-corrected chi connectivity index (χ0v) is 15.3. The van der Waals surface area contributed by atoms with E-state index in [0.29, 0.717) is 34.9 Å². The standard InChI is InChI=1S/C15H18ClN3O2S2/c1-10(2)22-15-19-18-14(23-15)17-13(20)4-3-9-21-12-7-5-11(16)6-8-12/h5-8,10H,3-4,9H2,1-2H3,(H,17,18,20). The van der Waals surface area contributed by atoms with Crippen molar-refractivity contribution in [2.75, 3.05) is 11.9 Å². The van der Waals surface area contributed by atoms with E-state index in [1.54, 1.807) is 36.0 Å². The van der Waals surface area contributed by atoms with Gasteiger partial charge in [-0.05, 0) is 30.7 Å². The van der Waals surface area contributed by atoms with E-state index in [0.717, 1.165) is 10.1 Å². The quantitative estimate of drug-likeness (QED) is 0.420. The Morgan fingerprint density at radius 3 is 2.78 bits per heavy atom. The van der Waals surface area contributed by atoms with Gasteiger partial charge in [0.05, 0.1) is 6.61 Å². The lowest BCUT2D eigenvalue weighted by Gasteiger charge is -2.05. The summed E-state index contributed by atoms with van der Waals surface area (Å²) in [5, 5.41) is 12.4. The molecule has 1 N–H and O–H groups in total. The molecular weight excluding hydrogens is 354 g/mol. The van der Waals surface area contributed by atoms with E-state index in [2.05, 4.69) is 29.4 Å². The largest absolute Gasteiger partial charge is 0.494 e. The van der Waals surface area contributed by atoms with Gasteiger partial charge in [-0.2, -0.15) is 0 Å². The Labute approximate surface area is 148 Å². The summed E-state index contributed by atoms with van der Waals surface area (Å²) in [7, 11) is 0. The molecule has 2 aromatic rings. The van der Waals surface area contributed by atoms with Gasteiger partial charge in [-0.3, -0.25) is 4.79 Å². The Morgan fingerprint density at radius 2 is 2.09 bits per heavy atom. The molecule has 1 amide bonds. The number of ether oxygens (including phenoxy) is 1. The van der Waals surface area contributed by atoms with Crippen LogP contribution in [0.3, 0.4) is 0 Å². The van der Waals surface area contributed by atoms with Gasteiger partial charge in [-0.15, -0.1) is 10.2 Å². The molecule has 1 aromatic carbocycles. The number of rotatable bonds is 8. The minimum atomic E-state index is -0.0815. The van der Waals surface area contributed by atoms with Crippen molar-refractivity contribution in [2.24, 2.45) is 0 Å². The topological polar surface area (TPSA) is 64.1 Å². The van der Waals surface area contributed by atoms with Crippen molar-refractivity contribution < 1.29 is 9.53 Å². The van der Waals surface area contributed by atoms with Crippen LogP contribution >= 0.6 is 34.7 Å². The van der Waals surface area contributed by atoms with Crippen LogP contribution in [0.2, 0.25) is 5.02 Å². The fraction of sp³-hybridized carbons (Fsp3) is 0.400. The highest BCUT2D eigenvalue weighted by atomic mass is 35.5. The van der Waals surface area contributed by atoms with Crippen molar-refractivity contribution in [3.63, 3.8) is 0 Å². The number of amides is 1. The maximum absolute atomic E-state index is 11.8. The Hall–Kier alpha value is -1.31. The van der Waals surface area contributed by atoms with Crippen molar-refractivity contribution in [2.45, 2.75) is 36.3 Å². The summed E-state index contributed by atoms with van der Waals surface area (Å²) in [5.74, 6) is 0.663. The number of halogens is 1. The van der Waals surface area contributed by atoms with Crippen LogP contribution in [0.5, 0.6) is 5.75 Å². The van der Waals surface area contributed by atoms with Crippen LogP contribution < -0.4 is 10.1 Å². The zero-order valence-electron chi connectivity index (χ0n) is 12.9. The number of thioether (sulfide) groups is 1. The number of aromatic nitrogens is 2. The number of anilines is 1. The predicted molar refractivity (Wildman–Crippen MR) is 95.7 cm³/mol. The highest BCUT2D eigenvalue weighted by Gasteiger charge is 2.09. The van der Waals surface area contributed by atoms with Crippen LogP contribution in [0.4, 0.5) is 5.13 Å². The third kappa shape index (κ3) is 6.76. The summed E-state index contributed by atoms with van der Waals surface area (Å²) in [6.45, 7) is 4.65. The summed E-state index contributed by atoms with van der Waals surface area (Å²) in [5.41, 5.74) is 0. The lowest BCUT2D eigenvalue weighted by atomic mass is 10.3. The number of nitrogens with zero attached hydrogens (tertiary/aromatic N) is 2. The Balaban J connectivity index is 1.66. The monoisotopic (exact) mass is 371 g/mol. The van der Waals surface area contributed by atoms with Crippen LogP contribution in [0.15, 0.2) is 28.6 Å². The lowest BCUT2D eigenvalue weighted by Crippen LogP contribution is -2.12. The average Bonchev–Trinajstić information content (AvgIpc) is 2.91. The number of nitrogens with one attached hydrogen (secondary N) is 1. The summed E-state index contributed by atoms with van der Waals surface area (Å²) in [4.78, 5) is 11.8. The van der Waals surface area contributed by atoms with Gasteiger partial charge in [0.2, 0.25) is 11.0 Å². The van der Waals surface area contributed by atoms with E-state index in [1.165, 1.54) is 11.3 Å². The molecule has 0 saturated heterocycles. The molecular formula is C15H18ClN3O2S2. The van der Waals surface area contributed by atoms with Crippen LogP contribution in [-0.2, 0) is 4.79 Å². The van der Waals surface area contributed by atoms with Gasteiger partial charge >= 0.3 is 0 Å². The predicted octanol–water partition coefficient (Wildman–Crippen LogP) is 4.49. The molecule has 0 unspecified atom stereocenters. The van der Waals surface area contributed by atoms with E-state index >= 15 is 0 Å². The van der Waals surface area contributed by atoms with Gasteiger partial charge in [0.25, 0.3) is 0 Å². The zero-order chi connectivity index (χ0) is 16.7. The second-order valence-corrected chi connectivity index (χ2v) is 8.23. The molecule has 124 valence electrons. The van der Waals surface area contributed by atoms with Crippen molar-refractivity contribution in [1.82, 2.24) is 10.2 Å². The van der Waals surface area contributed by atoms with Gasteiger partial charge in [-0.1, -0.05) is 48.5 Å². The molecule has 0 aliphatic rings. The first-order chi connectivity index (χ1) is 11.0. The Bertz CT molecular complexity index is 632. The van der Waals surface area contributed by atoms with E-state index < -0.39 is 0 Å². The van der Waals surface area contributed by atoms with E-state index in [1.807, 2.05) is 0 Å². The summed E-state index contributed by atoms with van der Waals surface area (Å²) in [6, 6.07) is 7.15. The molecule has 8 heteroatoms.